The Hall–Kier alpha value is -2.08. The number of nitrogens with zero attached hydrogens (tertiary/aromatic N) is 1. The highest BCUT2D eigenvalue weighted by molar-refractivity contribution is 6.04. The SMILES string of the molecule is CC(C)C(O)CCNC(=O)c1cccc2c1oc(=O)n2C. The molecule has 2 rings (SSSR count). The molecule has 0 aliphatic carbocycles. The van der Waals surface area contributed by atoms with Crippen molar-refractivity contribution in [2.75, 3.05) is 6.54 Å². The van der Waals surface area contributed by atoms with Crippen molar-refractivity contribution >= 4 is 17.0 Å². The normalized spacial score (nSPS) is 12.8. The van der Waals surface area contributed by atoms with Crippen molar-refractivity contribution in [3.63, 3.8) is 0 Å². The number of nitrogens with one attached hydrogen (secondary N) is 1. The molecule has 0 bridgehead atoms. The maximum atomic E-state index is 12.2. The second kappa shape index (κ2) is 6.13. The number of rotatable bonds is 5. The number of aliphatic hydroxyl groups excluding tert-OH is 1. The van der Waals surface area contributed by atoms with Crippen LogP contribution in [0.5, 0.6) is 0 Å². The molecule has 1 unspecified atom stereocenters. The van der Waals surface area contributed by atoms with Crippen LogP contribution in [0.25, 0.3) is 11.1 Å². The lowest BCUT2D eigenvalue weighted by molar-refractivity contribution is 0.0921. The molecule has 6 heteroatoms. The topological polar surface area (TPSA) is 84.5 Å². The van der Waals surface area contributed by atoms with Crippen LogP contribution in [0.15, 0.2) is 27.4 Å². The van der Waals surface area contributed by atoms with Crippen LogP contribution in [-0.2, 0) is 7.05 Å². The fourth-order valence-corrected chi connectivity index (χ4v) is 2.09. The van der Waals surface area contributed by atoms with E-state index < -0.39 is 11.9 Å². The van der Waals surface area contributed by atoms with Crippen LogP contribution in [0.3, 0.4) is 0 Å². The Balaban J connectivity index is 2.13. The first-order valence-electron chi connectivity index (χ1n) is 6.96. The Labute approximate surface area is 122 Å². The van der Waals surface area contributed by atoms with Crippen LogP contribution in [0.2, 0.25) is 0 Å². The number of para-hydroxylation sites is 1. The van der Waals surface area contributed by atoms with Gasteiger partial charge in [0.25, 0.3) is 5.91 Å². The van der Waals surface area contributed by atoms with Gasteiger partial charge >= 0.3 is 5.76 Å². The van der Waals surface area contributed by atoms with E-state index in [0.717, 1.165) is 0 Å². The summed E-state index contributed by atoms with van der Waals surface area (Å²) >= 11 is 0. The van der Waals surface area contributed by atoms with Crippen molar-refractivity contribution in [3.05, 3.63) is 34.3 Å². The monoisotopic (exact) mass is 292 g/mol. The Morgan fingerprint density at radius 2 is 2.14 bits per heavy atom. The first-order valence-corrected chi connectivity index (χ1v) is 6.96. The number of amides is 1. The molecule has 2 aromatic rings. The number of carbonyl (C=O) groups is 1. The fraction of sp³-hybridized carbons (Fsp3) is 0.467. The van der Waals surface area contributed by atoms with E-state index in [1.54, 1.807) is 25.2 Å². The van der Waals surface area contributed by atoms with Crippen molar-refractivity contribution in [1.29, 1.82) is 0 Å². The molecule has 1 atom stereocenters. The van der Waals surface area contributed by atoms with E-state index in [2.05, 4.69) is 5.32 Å². The fourth-order valence-electron chi connectivity index (χ4n) is 2.09. The number of hydrogen-bond acceptors (Lipinski definition) is 4. The molecule has 0 radical (unpaired) electrons. The summed E-state index contributed by atoms with van der Waals surface area (Å²) in [6, 6.07) is 5.04. The number of hydrogen-bond donors (Lipinski definition) is 2. The van der Waals surface area contributed by atoms with Gasteiger partial charge in [-0.05, 0) is 24.5 Å². The lowest BCUT2D eigenvalue weighted by Gasteiger charge is -2.14. The van der Waals surface area contributed by atoms with E-state index in [1.807, 2.05) is 13.8 Å². The predicted molar refractivity (Wildman–Crippen MR) is 79.3 cm³/mol. The smallest absolute Gasteiger partial charge is 0.407 e. The van der Waals surface area contributed by atoms with E-state index in [-0.39, 0.29) is 17.4 Å². The van der Waals surface area contributed by atoms with E-state index >= 15 is 0 Å². The molecular weight excluding hydrogens is 272 g/mol. The Kier molecular flexibility index (Phi) is 4.47. The summed E-state index contributed by atoms with van der Waals surface area (Å²) in [5.74, 6) is -0.663. The van der Waals surface area contributed by atoms with Gasteiger partial charge in [-0.15, -0.1) is 0 Å². The van der Waals surface area contributed by atoms with E-state index in [9.17, 15) is 14.7 Å². The number of aryl methyl sites for hydroxylation is 1. The number of carbonyl (C=O) groups excluding carboxylic acids is 1. The van der Waals surface area contributed by atoms with Gasteiger partial charge in [0.1, 0.15) is 0 Å². The largest absolute Gasteiger partial charge is 0.419 e. The second-order valence-corrected chi connectivity index (χ2v) is 5.44. The summed E-state index contributed by atoms with van der Waals surface area (Å²) < 4.78 is 6.47. The Morgan fingerprint density at radius 3 is 2.81 bits per heavy atom. The lowest BCUT2D eigenvalue weighted by atomic mass is 10.0. The molecule has 6 nitrogen and oxygen atoms in total. The van der Waals surface area contributed by atoms with Gasteiger partial charge in [-0.2, -0.15) is 0 Å². The number of oxazole rings is 1. The summed E-state index contributed by atoms with van der Waals surface area (Å²) in [6.45, 7) is 4.21. The molecule has 1 aromatic heterocycles. The molecule has 1 aromatic carbocycles. The second-order valence-electron chi connectivity index (χ2n) is 5.44. The molecule has 1 heterocycles. The minimum Gasteiger partial charge on any atom is -0.407 e. The molecule has 114 valence electrons. The van der Waals surface area contributed by atoms with Crippen molar-refractivity contribution < 1.29 is 14.3 Å². The van der Waals surface area contributed by atoms with Gasteiger partial charge in [0.05, 0.1) is 17.2 Å². The van der Waals surface area contributed by atoms with E-state index in [0.29, 0.717) is 24.0 Å². The zero-order valence-corrected chi connectivity index (χ0v) is 12.4. The molecule has 0 spiro atoms. The summed E-state index contributed by atoms with van der Waals surface area (Å²) in [4.78, 5) is 23.7. The van der Waals surface area contributed by atoms with Gasteiger partial charge in [0.15, 0.2) is 5.58 Å². The molecule has 0 aliphatic rings. The molecule has 1 amide bonds. The quantitative estimate of drug-likeness (QED) is 0.869. The number of aliphatic hydroxyl groups is 1. The molecular formula is C15H20N2O4. The minimum absolute atomic E-state index is 0.150. The molecule has 2 N–H and O–H groups in total. The number of aromatic nitrogens is 1. The van der Waals surface area contributed by atoms with Crippen molar-refractivity contribution in [2.45, 2.75) is 26.4 Å². The maximum Gasteiger partial charge on any atom is 0.419 e. The van der Waals surface area contributed by atoms with Crippen LogP contribution < -0.4 is 11.1 Å². The van der Waals surface area contributed by atoms with Crippen molar-refractivity contribution in [1.82, 2.24) is 9.88 Å². The van der Waals surface area contributed by atoms with Crippen LogP contribution >= 0.6 is 0 Å². The molecule has 0 fully saturated rings. The molecule has 0 saturated heterocycles. The first kappa shape index (κ1) is 15.3. The van der Waals surface area contributed by atoms with Gasteiger partial charge in [-0.25, -0.2) is 4.79 Å². The average Bonchev–Trinajstić information content (AvgIpc) is 2.74. The zero-order valence-electron chi connectivity index (χ0n) is 12.4. The van der Waals surface area contributed by atoms with E-state index in [1.165, 1.54) is 4.57 Å². The summed E-state index contributed by atoms with van der Waals surface area (Å²) in [5.41, 5.74) is 1.19. The predicted octanol–water partition coefficient (Wildman–Crippen LogP) is 1.27. The summed E-state index contributed by atoms with van der Waals surface area (Å²) in [5, 5.41) is 12.4. The third kappa shape index (κ3) is 3.16. The minimum atomic E-state index is -0.500. The number of benzene rings is 1. The highest BCUT2D eigenvalue weighted by Crippen LogP contribution is 2.17. The third-order valence-electron chi connectivity index (χ3n) is 3.56. The van der Waals surface area contributed by atoms with Gasteiger partial charge in [-0.3, -0.25) is 9.36 Å². The lowest BCUT2D eigenvalue weighted by Crippen LogP contribution is -2.28. The zero-order chi connectivity index (χ0) is 15.6. The summed E-state index contributed by atoms with van der Waals surface area (Å²) in [7, 11) is 1.59. The van der Waals surface area contributed by atoms with Crippen LogP contribution in [0.4, 0.5) is 0 Å². The molecule has 21 heavy (non-hydrogen) atoms. The van der Waals surface area contributed by atoms with Crippen LogP contribution in [-0.4, -0.2) is 28.2 Å². The van der Waals surface area contributed by atoms with Crippen LogP contribution in [0.1, 0.15) is 30.6 Å². The first-order chi connectivity index (χ1) is 9.91. The highest BCUT2D eigenvalue weighted by atomic mass is 16.4. The number of fused-ring (bicyclic) bond motifs is 1. The van der Waals surface area contributed by atoms with Gasteiger partial charge in [0, 0.05) is 13.6 Å². The molecule has 0 saturated carbocycles. The van der Waals surface area contributed by atoms with Crippen molar-refractivity contribution in [3.8, 4) is 0 Å². The van der Waals surface area contributed by atoms with E-state index in [4.69, 9.17) is 4.42 Å². The van der Waals surface area contributed by atoms with Crippen molar-refractivity contribution in [2.24, 2.45) is 13.0 Å². The average molecular weight is 292 g/mol. The van der Waals surface area contributed by atoms with Gasteiger partial charge in [-0.1, -0.05) is 19.9 Å². The maximum absolute atomic E-state index is 12.2. The van der Waals surface area contributed by atoms with Crippen LogP contribution in [0, 0.1) is 5.92 Å². The summed E-state index contributed by atoms with van der Waals surface area (Å²) in [6.07, 6.45) is 0.0359. The van der Waals surface area contributed by atoms with Gasteiger partial charge in [0.2, 0.25) is 0 Å². The van der Waals surface area contributed by atoms with Gasteiger partial charge < -0.3 is 14.8 Å². The molecule has 0 aliphatic heterocycles. The highest BCUT2D eigenvalue weighted by Gasteiger charge is 2.16. The standard InChI is InChI=1S/C15H20N2O4/c1-9(2)12(18)7-8-16-14(19)10-5-4-6-11-13(10)21-15(20)17(11)3/h4-6,9,12,18H,7-8H2,1-3H3,(H,16,19). The Morgan fingerprint density at radius 1 is 1.43 bits per heavy atom. The third-order valence-corrected chi connectivity index (χ3v) is 3.56. The Bertz CT molecular complexity index is 699.